The minimum absolute atomic E-state index is 0.616. The summed E-state index contributed by atoms with van der Waals surface area (Å²) in [5, 5.41) is 7.07. The van der Waals surface area contributed by atoms with Crippen molar-refractivity contribution < 1.29 is 4.42 Å². The molecule has 0 unspecified atom stereocenters. The number of para-hydroxylation sites is 1. The first-order valence-corrected chi connectivity index (χ1v) is 15.2. The number of rotatable bonds is 4. The van der Waals surface area contributed by atoms with Crippen molar-refractivity contribution in [2.45, 2.75) is 0 Å². The van der Waals surface area contributed by atoms with E-state index >= 15 is 0 Å². The zero-order valence-electron chi connectivity index (χ0n) is 23.1. The van der Waals surface area contributed by atoms with E-state index in [0.717, 1.165) is 44.5 Å². The Morgan fingerprint density at radius 2 is 1.14 bits per heavy atom. The number of hydrogen-bond acceptors (Lipinski definition) is 4. The van der Waals surface area contributed by atoms with Crippen molar-refractivity contribution in [2.24, 2.45) is 0 Å². The summed E-state index contributed by atoms with van der Waals surface area (Å²) in [5.74, 6) is 0.616. The topological polar surface area (TPSA) is 29.3 Å². The maximum Gasteiger partial charge on any atom is 0.227 e. The molecule has 4 heteroatoms. The number of fused-ring (bicyclic) bond motifs is 9. The largest absolute Gasteiger partial charge is 0.435 e. The van der Waals surface area contributed by atoms with Crippen LogP contribution in [0.4, 0.5) is 17.1 Å². The molecular weight excluding hydrogens is 545 g/mol. The van der Waals surface area contributed by atoms with Crippen LogP contribution in [0, 0.1) is 0 Å². The van der Waals surface area contributed by atoms with Crippen LogP contribution in [-0.2, 0) is 0 Å². The molecule has 0 saturated carbocycles. The molecule has 2 heterocycles. The summed E-state index contributed by atoms with van der Waals surface area (Å²) in [5.41, 5.74) is 5.94. The molecule has 9 rings (SSSR count). The number of benzene rings is 7. The summed E-state index contributed by atoms with van der Waals surface area (Å²) in [7, 11) is 0. The van der Waals surface area contributed by atoms with E-state index in [2.05, 4.69) is 150 Å². The standard InChI is InChI=1S/C39H24N2OS/c1-2-13-26(14-3-1)41(33-21-11-23-35-36(33)32-20-8-9-22-34(32)43-35)27-15-10-12-25(24-27)39-40-37-30-18-6-4-16-28(30)29-17-5-7-19-31(29)38(37)42-39/h1-24H. The predicted molar refractivity (Wildman–Crippen MR) is 182 cm³/mol. The van der Waals surface area contributed by atoms with Crippen LogP contribution in [0.5, 0.6) is 0 Å². The third kappa shape index (κ3) is 3.77. The lowest BCUT2D eigenvalue weighted by Gasteiger charge is -2.26. The quantitative estimate of drug-likeness (QED) is 0.198. The van der Waals surface area contributed by atoms with Gasteiger partial charge in [0.1, 0.15) is 5.52 Å². The molecule has 3 nitrogen and oxygen atoms in total. The minimum Gasteiger partial charge on any atom is -0.435 e. The highest BCUT2D eigenvalue weighted by Gasteiger charge is 2.20. The Balaban J connectivity index is 1.27. The molecule has 43 heavy (non-hydrogen) atoms. The van der Waals surface area contributed by atoms with Crippen LogP contribution in [0.1, 0.15) is 0 Å². The molecule has 0 aliphatic heterocycles. The molecule has 0 N–H and O–H groups in total. The fourth-order valence-electron chi connectivity index (χ4n) is 6.37. The fraction of sp³-hybridized carbons (Fsp3) is 0. The predicted octanol–water partition coefficient (Wildman–Crippen LogP) is 11.6. The first kappa shape index (κ1) is 24.2. The molecule has 0 atom stereocenters. The van der Waals surface area contributed by atoms with Gasteiger partial charge >= 0.3 is 0 Å². The molecule has 0 spiro atoms. The number of anilines is 3. The van der Waals surface area contributed by atoms with Crippen LogP contribution in [0.2, 0.25) is 0 Å². The van der Waals surface area contributed by atoms with Crippen molar-refractivity contribution >= 4 is 81.2 Å². The lowest BCUT2D eigenvalue weighted by molar-refractivity contribution is 0.623. The molecule has 7 aromatic carbocycles. The molecule has 0 bridgehead atoms. The fourth-order valence-corrected chi connectivity index (χ4v) is 7.50. The van der Waals surface area contributed by atoms with Crippen molar-refractivity contribution in [3.63, 3.8) is 0 Å². The van der Waals surface area contributed by atoms with E-state index in [1.807, 2.05) is 11.3 Å². The van der Waals surface area contributed by atoms with Crippen LogP contribution in [0.25, 0.3) is 64.3 Å². The molecule has 0 amide bonds. The Morgan fingerprint density at radius 3 is 1.98 bits per heavy atom. The van der Waals surface area contributed by atoms with Gasteiger partial charge in [-0.1, -0.05) is 97.1 Å². The zero-order chi connectivity index (χ0) is 28.3. The van der Waals surface area contributed by atoms with Gasteiger partial charge in [0.15, 0.2) is 5.58 Å². The molecule has 202 valence electrons. The van der Waals surface area contributed by atoms with Crippen LogP contribution in [-0.4, -0.2) is 4.98 Å². The number of aromatic nitrogens is 1. The van der Waals surface area contributed by atoms with E-state index in [4.69, 9.17) is 9.40 Å². The minimum atomic E-state index is 0.616. The molecule has 0 aliphatic rings. The van der Waals surface area contributed by atoms with Gasteiger partial charge < -0.3 is 9.32 Å². The first-order chi connectivity index (χ1) is 21.3. The van der Waals surface area contributed by atoms with Crippen molar-refractivity contribution in [3.8, 4) is 11.5 Å². The second-order valence-corrected chi connectivity index (χ2v) is 11.8. The number of thiophene rings is 1. The highest BCUT2D eigenvalue weighted by Crippen LogP contribution is 2.45. The zero-order valence-corrected chi connectivity index (χ0v) is 23.9. The molecule has 0 fully saturated rings. The summed E-state index contributed by atoms with van der Waals surface area (Å²) in [6.07, 6.45) is 0. The van der Waals surface area contributed by atoms with Crippen LogP contribution in [0.3, 0.4) is 0 Å². The van der Waals surface area contributed by atoms with Gasteiger partial charge in [0, 0.05) is 47.9 Å². The normalized spacial score (nSPS) is 11.7. The van der Waals surface area contributed by atoms with Crippen LogP contribution < -0.4 is 4.90 Å². The Kier molecular flexibility index (Phi) is 5.37. The Labute approximate surface area is 251 Å². The summed E-state index contributed by atoms with van der Waals surface area (Å²) in [6, 6.07) is 51.3. The van der Waals surface area contributed by atoms with Gasteiger partial charge in [0.2, 0.25) is 5.89 Å². The average molecular weight is 569 g/mol. The van der Waals surface area contributed by atoms with Gasteiger partial charge in [-0.3, -0.25) is 0 Å². The molecule has 0 saturated heterocycles. The second kappa shape index (κ2) is 9.55. The van der Waals surface area contributed by atoms with Crippen molar-refractivity contribution in [2.75, 3.05) is 4.90 Å². The highest BCUT2D eigenvalue weighted by atomic mass is 32.1. The monoisotopic (exact) mass is 568 g/mol. The Hall–Kier alpha value is -5.45. The van der Waals surface area contributed by atoms with Crippen molar-refractivity contribution in [1.29, 1.82) is 0 Å². The van der Waals surface area contributed by atoms with E-state index in [0.29, 0.717) is 5.89 Å². The van der Waals surface area contributed by atoms with E-state index < -0.39 is 0 Å². The number of hydrogen-bond donors (Lipinski definition) is 0. The average Bonchev–Trinajstić information content (AvgIpc) is 3.69. The van der Waals surface area contributed by atoms with Crippen LogP contribution in [0.15, 0.2) is 150 Å². The molecular formula is C39H24N2OS. The second-order valence-electron chi connectivity index (χ2n) is 10.8. The van der Waals surface area contributed by atoms with Gasteiger partial charge in [-0.2, -0.15) is 0 Å². The third-order valence-corrected chi connectivity index (χ3v) is 9.39. The lowest BCUT2D eigenvalue weighted by Crippen LogP contribution is -2.10. The Morgan fingerprint density at radius 1 is 0.512 bits per heavy atom. The summed E-state index contributed by atoms with van der Waals surface area (Å²) in [6.45, 7) is 0. The summed E-state index contributed by atoms with van der Waals surface area (Å²) in [4.78, 5) is 7.45. The van der Waals surface area contributed by atoms with Gasteiger partial charge in [-0.25, -0.2) is 4.98 Å². The van der Waals surface area contributed by atoms with Gasteiger partial charge in [-0.05, 0) is 59.3 Å². The highest BCUT2D eigenvalue weighted by molar-refractivity contribution is 7.26. The van der Waals surface area contributed by atoms with E-state index in [1.54, 1.807) is 0 Å². The van der Waals surface area contributed by atoms with E-state index in [1.165, 1.54) is 30.9 Å². The smallest absolute Gasteiger partial charge is 0.227 e. The van der Waals surface area contributed by atoms with Gasteiger partial charge in [0.05, 0.1) is 5.69 Å². The lowest BCUT2D eigenvalue weighted by atomic mass is 10.0. The van der Waals surface area contributed by atoms with Gasteiger partial charge in [-0.15, -0.1) is 11.3 Å². The van der Waals surface area contributed by atoms with E-state index in [-0.39, 0.29) is 0 Å². The number of nitrogens with zero attached hydrogens (tertiary/aromatic N) is 2. The summed E-state index contributed by atoms with van der Waals surface area (Å²) < 4.78 is 9.17. The van der Waals surface area contributed by atoms with Gasteiger partial charge in [0.25, 0.3) is 0 Å². The summed E-state index contributed by atoms with van der Waals surface area (Å²) >= 11 is 1.84. The molecule has 2 aromatic heterocycles. The van der Waals surface area contributed by atoms with Crippen molar-refractivity contribution in [3.05, 3.63) is 146 Å². The third-order valence-electron chi connectivity index (χ3n) is 8.26. The number of oxazole rings is 1. The molecule has 9 aromatic rings. The Bertz CT molecular complexity index is 2400. The van der Waals surface area contributed by atoms with E-state index in [9.17, 15) is 0 Å². The van der Waals surface area contributed by atoms with Crippen molar-refractivity contribution in [1.82, 2.24) is 4.98 Å². The SMILES string of the molecule is c1ccc(N(c2cccc(-c3nc4c5ccccc5c5ccccc5c4o3)c2)c2cccc3sc4ccccc4c23)cc1. The maximum atomic E-state index is 6.61. The molecule has 0 radical (unpaired) electrons. The maximum absolute atomic E-state index is 6.61. The van der Waals surface area contributed by atoms with Crippen LogP contribution >= 0.6 is 11.3 Å². The first-order valence-electron chi connectivity index (χ1n) is 14.4. The molecule has 0 aliphatic carbocycles.